The summed E-state index contributed by atoms with van der Waals surface area (Å²) >= 11 is 0. The molecule has 14 heavy (non-hydrogen) atoms. The molecule has 0 radical (unpaired) electrons. The molecule has 3 aliphatic rings. The van der Waals surface area contributed by atoms with Gasteiger partial charge in [-0.15, -0.1) is 0 Å². The van der Waals surface area contributed by atoms with Crippen LogP contribution in [0, 0.1) is 0 Å². The summed E-state index contributed by atoms with van der Waals surface area (Å²) in [7, 11) is 0. The van der Waals surface area contributed by atoms with Gasteiger partial charge in [-0.05, 0) is 22.1 Å². The fourth-order valence-corrected chi connectivity index (χ4v) is 2.25. The third kappa shape index (κ3) is 0.983. The van der Waals surface area contributed by atoms with Gasteiger partial charge in [0, 0.05) is 0 Å². The zero-order valence-electron chi connectivity index (χ0n) is 8.89. The molecule has 0 unspecified atom stereocenters. The molecular formula is C12H16N2. The van der Waals surface area contributed by atoms with Gasteiger partial charge in [0.05, 0.1) is 12.3 Å². The first-order valence-corrected chi connectivity index (χ1v) is 5.22. The average Bonchev–Trinajstić information content (AvgIpc) is 2.51. The standard InChI is InChI=1S/C12H16N2/c1-12(2,3)7-4-5-8-9(6-7)11-13-10(8)14-11/h4-6,10-11,13-14H,1-3H3. The van der Waals surface area contributed by atoms with Crippen molar-refractivity contribution in [1.82, 2.24) is 10.6 Å². The molecule has 3 aliphatic heterocycles. The van der Waals surface area contributed by atoms with Crippen molar-refractivity contribution in [3.8, 4) is 0 Å². The topological polar surface area (TPSA) is 24.1 Å². The summed E-state index contributed by atoms with van der Waals surface area (Å²) in [6.07, 6.45) is 0.835. The van der Waals surface area contributed by atoms with Crippen molar-refractivity contribution in [2.24, 2.45) is 0 Å². The monoisotopic (exact) mass is 188 g/mol. The molecule has 4 rings (SSSR count). The Morgan fingerprint density at radius 3 is 2.29 bits per heavy atom. The number of benzene rings is 1. The molecule has 1 saturated heterocycles. The fraction of sp³-hybridized carbons (Fsp3) is 0.500. The Labute approximate surface area is 84.7 Å². The van der Waals surface area contributed by atoms with Crippen LogP contribution in [-0.2, 0) is 5.41 Å². The highest BCUT2D eigenvalue weighted by Gasteiger charge is 2.40. The van der Waals surface area contributed by atoms with Gasteiger partial charge < -0.3 is 0 Å². The Bertz CT molecular complexity index is 384. The third-order valence-corrected chi connectivity index (χ3v) is 3.24. The predicted octanol–water partition coefficient (Wildman–Crippen LogP) is 2.19. The molecule has 3 heterocycles. The minimum Gasteiger partial charge on any atom is -0.279 e. The molecule has 0 saturated carbocycles. The zero-order chi connectivity index (χ0) is 9.92. The van der Waals surface area contributed by atoms with Gasteiger partial charge in [0.2, 0.25) is 0 Å². The minimum atomic E-state index is 0.252. The first-order valence-electron chi connectivity index (χ1n) is 5.22. The molecule has 2 heteroatoms. The SMILES string of the molecule is CC(C)(C)c1ccc2c(c1)C1NC2N1. The summed E-state index contributed by atoms with van der Waals surface area (Å²) in [6, 6.07) is 6.85. The van der Waals surface area contributed by atoms with Gasteiger partial charge in [0.1, 0.15) is 0 Å². The van der Waals surface area contributed by atoms with Gasteiger partial charge >= 0.3 is 0 Å². The Kier molecular flexibility index (Phi) is 1.44. The molecule has 1 aromatic carbocycles. The van der Waals surface area contributed by atoms with E-state index in [2.05, 4.69) is 49.6 Å². The van der Waals surface area contributed by atoms with Crippen LogP contribution in [0.1, 0.15) is 49.8 Å². The maximum atomic E-state index is 3.45. The molecule has 2 N–H and O–H groups in total. The van der Waals surface area contributed by atoms with E-state index in [0.717, 1.165) is 0 Å². The van der Waals surface area contributed by atoms with Crippen LogP contribution in [0.3, 0.4) is 0 Å². The number of rotatable bonds is 0. The Balaban J connectivity index is 2.09. The van der Waals surface area contributed by atoms with Gasteiger partial charge in [0.15, 0.2) is 0 Å². The van der Waals surface area contributed by atoms with Gasteiger partial charge in [-0.25, -0.2) is 0 Å². The van der Waals surface area contributed by atoms with Crippen LogP contribution in [0.25, 0.3) is 0 Å². The Morgan fingerprint density at radius 2 is 1.64 bits per heavy atom. The molecule has 0 aromatic heterocycles. The van der Waals surface area contributed by atoms with Crippen molar-refractivity contribution in [2.45, 2.75) is 38.5 Å². The van der Waals surface area contributed by atoms with Crippen LogP contribution < -0.4 is 10.6 Å². The fourth-order valence-electron chi connectivity index (χ4n) is 2.25. The molecule has 1 fully saturated rings. The highest BCUT2D eigenvalue weighted by Crippen LogP contribution is 2.41. The van der Waals surface area contributed by atoms with Crippen LogP contribution in [0.4, 0.5) is 0 Å². The van der Waals surface area contributed by atoms with E-state index in [-0.39, 0.29) is 5.41 Å². The lowest BCUT2D eigenvalue weighted by Gasteiger charge is -2.28. The predicted molar refractivity (Wildman–Crippen MR) is 56.9 cm³/mol. The van der Waals surface area contributed by atoms with E-state index < -0.39 is 0 Å². The first-order chi connectivity index (χ1) is 6.55. The van der Waals surface area contributed by atoms with Crippen molar-refractivity contribution in [3.05, 3.63) is 34.9 Å². The molecule has 2 bridgehead atoms. The number of hydrogen-bond donors (Lipinski definition) is 2. The van der Waals surface area contributed by atoms with Crippen molar-refractivity contribution in [3.63, 3.8) is 0 Å². The maximum absolute atomic E-state index is 3.45. The molecule has 0 atom stereocenters. The van der Waals surface area contributed by atoms with E-state index in [9.17, 15) is 0 Å². The van der Waals surface area contributed by atoms with Gasteiger partial charge in [-0.1, -0.05) is 39.0 Å². The highest BCUT2D eigenvalue weighted by molar-refractivity contribution is 5.45. The average molecular weight is 188 g/mol. The van der Waals surface area contributed by atoms with Gasteiger partial charge in [-0.2, -0.15) is 0 Å². The molecule has 0 spiro atoms. The summed E-state index contributed by atoms with van der Waals surface area (Å²) in [5, 5.41) is 6.90. The molecule has 1 aromatic rings. The smallest absolute Gasteiger partial charge is 0.0868 e. The second-order valence-electron chi connectivity index (χ2n) is 5.29. The van der Waals surface area contributed by atoms with Crippen LogP contribution in [0.15, 0.2) is 18.2 Å². The van der Waals surface area contributed by atoms with E-state index in [1.165, 1.54) is 16.7 Å². The highest BCUT2D eigenvalue weighted by atomic mass is 15.4. The maximum Gasteiger partial charge on any atom is 0.0868 e. The van der Waals surface area contributed by atoms with E-state index in [1.54, 1.807) is 0 Å². The lowest BCUT2D eigenvalue weighted by atomic mass is 9.85. The summed E-state index contributed by atoms with van der Waals surface area (Å²) in [5.74, 6) is 0. The summed E-state index contributed by atoms with van der Waals surface area (Å²) < 4.78 is 0. The Hall–Kier alpha value is -0.860. The number of nitrogens with one attached hydrogen (secondary N) is 2. The van der Waals surface area contributed by atoms with E-state index in [4.69, 9.17) is 0 Å². The van der Waals surface area contributed by atoms with E-state index in [1.807, 2.05) is 0 Å². The summed E-state index contributed by atoms with van der Waals surface area (Å²) in [5.41, 5.74) is 4.56. The lowest BCUT2D eigenvalue weighted by molar-refractivity contribution is 0.247. The zero-order valence-corrected chi connectivity index (χ0v) is 8.89. The summed E-state index contributed by atoms with van der Waals surface area (Å²) in [6.45, 7) is 6.78. The summed E-state index contributed by atoms with van der Waals surface area (Å²) in [4.78, 5) is 0. The molecule has 0 aliphatic carbocycles. The minimum absolute atomic E-state index is 0.252. The van der Waals surface area contributed by atoms with Crippen molar-refractivity contribution < 1.29 is 0 Å². The quantitative estimate of drug-likeness (QED) is 0.652. The van der Waals surface area contributed by atoms with E-state index >= 15 is 0 Å². The van der Waals surface area contributed by atoms with Crippen LogP contribution in [0.2, 0.25) is 0 Å². The second kappa shape index (κ2) is 2.38. The first kappa shape index (κ1) is 8.45. The molecular weight excluding hydrogens is 172 g/mol. The van der Waals surface area contributed by atoms with Crippen molar-refractivity contribution in [1.29, 1.82) is 0 Å². The van der Waals surface area contributed by atoms with Gasteiger partial charge in [0.25, 0.3) is 0 Å². The number of hydrogen-bond acceptors (Lipinski definition) is 2. The molecule has 0 amide bonds. The molecule has 2 nitrogen and oxygen atoms in total. The third-order valence-electron chi connectivity index (χ3n) is 3.24. The Morgan fingerprint density at radius 1 is 1.00 bits per heavy atom. The van der Waals surface area contributed by atoms with E-state index in [0.29, 0.717) is 12.3 Å². The largest absolute Gasteiger partial charge is 0.279 e. The van der Waals surface area contributed by atoms with Gasteiger partial charge in [-0.3, -0.25) is 10.6 Å². The van der Waals surface area contributed by atoms with Crippen molar-refractivity contribution >= 4 is 0 Å². The second-order valence-corrected chi connectivity index (χ2v) is 5.29. The normalized spacial score (nSPS) is 28.5. The van der Waals surface area contributed by atoms with Crippen LogP contribution in [-0.4, -0.2) is 0 Å². The van der Waals surface area contributed by atoms with Crippen LogP contribution >= 0.6 is 0 Å². The van der Waals surface area contributed by atoms with Crippen molar-refractivity contribution in [2.75, 3.05) is 0 Å². The van der Waals surface area contributed by atoms with Crippen LogP contribution in [0.5, 0.6) is 0 Å². The molecule has 74 valence electrons. The lowest BCUT2D eigenvalue weighted by Crippen LogP contribution is -2.47.